The lowest BCUT2D eigenvalue weighted by Gasteiger charge is -2.25. The number of nitrogens with zero attached hydrogens (tertiary/aromatic N) is 2. The van der Waals surface area contributed by atoms with Gasteiger partial charge in [-0.1, -0.05) is 28.1 Å². The molecule has 2 saturated heterocycles. The van der Waals surface area contributed by atoms with Crippen LogP contribution in [0.4, 0.5) is 0 Å². The summed E-state index contributed by atoms with van der Waals surface area (Å²) >= 11 is 3.46. The summed E-state index contributed by atoms with van der Waals surface area (Å²) in [5.74, 6) is 0.370. The zero-order chi connectivity index (χ0) is 16.1. The normalized spacial score (nSPS) is 22.0. The fourth-order valence-electron chi connectivity index (χ4n) is 3.85. The van der Waals surface area contributed by atoms with Gasteiger partial charge in [0.1, 0.15) is 0 Å². The summed E-state index contributed by atoms with van der Waals surface area (Å²) in [7, 11) is 0. The van der Waals surface area contributed by atoms with Crippen molar-refractivity contribution in [3.05, 3.63) is 34.3 Å². The predicted octanol–water partition coefficient (Wildman–Crippen LogP) is 3.86. The van der Waals surface area contributed by atoms with Gasteiger partial charge >= 0.3 is 0 Å². The molecule has 2 aliphatic rings. The van der Waals surface area contributed by atoms with Crippen LogP contribution in [0.3, 0.4) is 0 Å². The first-order valence-electron chi connectivity index (χ1n) is 8.98. The molecule has 0 spiro atoms. The van der Waals surface area contributed by atoms with E-state index < -0.39 is 0 Å². The Morgan fingerprint density at radius 1 is 1.09 bits per heavy atom. The minimum absolute atomic E-state index is 0.370. The van der Waals surface area contributed by atoms with Gasteiger partial charge in [0, 0.05) is 36.6 Å². The van der Waals surface area contributed by atoms with Crippen molar-refractivity contribution in [1.82, 2.24) is 9.80 Å². The number of halogens is 1. The van der Waals surface area contributed by atoms with Gasteiger partial charge in [0.05, 0.1) is 0 Å². The minimum atomic E-state index is 0.370. The first-order valence-corrected chi connectivity index (χ1v) is 9.78. The van der Waals surface area contributed by atoms with E-state index in [-0.39, 0.29) is 0 Å². The fraction of sp³-hybridized carbons (Fsp3) is 0.632. The number of hydrogen-bond donors (Lipinski definition) is 0. The molecule has 1 aromatic rings. The number of aryl methyl sites for hydroxylation is 1. The van der Waals surface area contributed by atoms with Crippen molar-refractivity contribution in [3.63, 3.8) is 0 Å². The fourth-order valence-corrected chi connectivity index (χ4v) is 4.11. The van der Waals surface area contributed by atoms with Crippen molar-refractivity contribution >= 4 is 21.8 Å². The summed E-state index contributed by atoms with van der Waals surface area (Å²) in [5.41, 5.74) is 1.36. The van der Waals surface area contributed by atoms with Crippen LogP contribution in [0.1, 0.15) is 44.1 Å². The van der Waals surface area contributed by atoms with Gasteiger partial charge in [0.2, 0.25) is 5.91 Å². The number of benzene rings is 1. The molecular formula is C19H27BrN2O. The predicted molar refractivity (Wildman–Crippen MR) is 97.5 cm³/mol. The molecule has 0 saturated carbocycles. The van der Waals surface area contributed by atoms with Gasteiger partial charge in [-0.2, -0.15) is 0 Å². The van der Waals surface area contributed by atoms with Crippen LogP contribution in [0, 0.1) is 0 Å². The van der Waals surface area contributed by atoms with Gasteiger partial charge in [-0.15, -0.1) is 0 Å². The van der Waals surface area contributed by atoms with Crippen LogP contribution in [-0.4, -0.2) is 47.9 Å². The summed E-state index contributed by atoms with van der Waals surface area (Å²) in [5, 5.41) is 0. The Morgan fingerprint density at radius 3 is 2.70 bits per heavy atom. The van der Waals surface area contributed by atoms with Crippen LogP contribution in [0.15, 0.2) is 28.7 Å². The molecule has 0 unspecified atom stereocenters. The van der Waals surface area contributed by atoms with Gasteiger partial charge in [0.15, 0.2) is 0 Å². The van der Waals surface area contributed by atoms with Gasteiger partial charge < -0.3 is 4.90 Å². The van der Waals surface area contributed by atoms with Crippen molar-refractivity contribution in [3.8, 4) is 0 Å². The molecule has 3 nitrogen and oxygen atoms in total. The molecule has 1 aromatic carbocycles. The lowest BCUT2D eigenvalue weighted by Crippen LogP contribution is -2.39. The zero-order valence-electron chi connectivity index (χ0n) is 13.8. The number of unbranched alkanes of at least 4 members (excludes halogenated alkanes) is 1. The zero-order valence-corrected chi connectivity index (χ0v) is 15.4. The highest BCUT2D eigenvalue weighted by molar-refractivity contribution is 9.10. The van der Waals surface area contributed by atoms with Crippen LogP contribution in [0.2, 0.25) is 0 Å². The van der Waals surface area contributed by atoms with E-state index in [0.29, 0.717) is 18.4 Å². The maximum atomic E-state index is 12.5. The first-order chi connectivity index (χ1) is 11.2. The van der Waals surface area contributed by atoms with Crippen LogP contribution in [0.25, 0.3) is 0 Å². The monoisotopic (exact) mass is 378 g/mol. The summed E-state index contributed by atoms with van der Waals surface area (Å²) in [6.45, 7) is 4.34. The lowest BCUT2D eigenvalue weighted by atomic mass is 10.1. The molecule has 0 aliphatic carbocycles. The van der Waals surface area contributed by atoms with E-state index in [1.807, 2.05) is 0 Å². The highest BCUT2D eigenvalue weighted by Crippen LogP contribution is 2.22. The smallest absolute Gasteiger partial charge is 0.222 e. The molecule has 0 bridgehead atoms. The maximum Gasteiger partial charge on any atom is 0.222 e. The highest BCUT2D eigenvalue weighted by atomic mass is 79.9. The largest absolute Gasteiger partial charge is 0.341 e. The van der Waals surface area contributed by atoms with Gasteiger partial charge in [-0.3, -0.25) is 9.69 Å². The SMILES string of the molecule is O=C(CCCCc1ccc(Br)cc1)N1CCCN2CCC[C@@H]2C1. The standard InChI is InChI=1S/C19H27BrN2O/c20-17-10-8-16(9-11-17)5-1-2-7-19(23)22-14-4-13-21-12-3-6-18(21)15-22/h8-11,18H,1-7,12-15H2/t18-/m1/s1. The maximum absolute atomic E-state index is 12.5. The highest BCUT2D eigenvalue weighted by Gasteiger charge is 2.30. The van der Waals surface area contributed by atoms with Crippen LogP contribution in [0.5, 0.6) is 0 Å². The van der Waals surface area contributed by atoms with E-state index in [1.165, 1.54) is 31.5 Å². The molecule has 23 heavy (non-hydrogen) atoms. The Bertz CT molecular complexity index is 517. The second kappa shape index (κ2) is 8.29. The molecule has 3 rings (SSSR count). The molecule has 126 valence electrons. The molecule has 2 fully saturated rings. The van der Waals surface area contributed by atoms with Crippen molar-refractivity contribution in [2.75, 3.05) is 26.2 Å². The summed E-state index contributed by atoms with van der Waals surface area (Å²) in [6.07, 6.45) is 7.59. The molecular weight excluding hydrogens is 352 g/mol. The van der Waals surface area contributed by atoms with Gasteiger partial charge in [-0.05, 0) is 62.8 Å². The minimum Gasteiger partial charge on any atom is -0.341 e. The Balaban J connectivity index is 1.39. The van der Waals surface area contributed by atoms with Gasteiger partial charge in [-0.25, -0.2) is 0 Å². The van der Waals surface area contributed by atoms with Crippen molar-refractivity contribution in [1.29, 1.82) is 0 Å². The summed E-state index contributed by atoms with van der Waals surface area (Å²) in [4.78, 5) is 17.2. The van der Waals surface area contributed by atoms with Crippen LogP contribution < -0.4 is 0 Å². The summed E-state index contributed by atoms with van der Waals surface area (Å²) in [6, 6.07) is 9.13. The molecule has 0 N–H and O–H groups in total. The molecule has 4 heteroatoms. The Hall–Kier alpha value is -0.870. The van der Waals surface area contributed by atoms with Crippen molar-refractivity contribution in [2.24, 2.45) is 0 Å². The van der Waals surface area contributed by atoms with Gasteiger partial charge in [0.25, 0.3) is 0 Å². The first kappa shape index (κ1) is 17.0. The third-order valence-corrected chi connectivity index (χ3v) is 5.70. The third kappa shape index (κ3) is 4.80. The number of amides is 1. The third-order valence-electron chi connectivity index (χ3n) is 5.18. The molecule has 0 aromatic heterocycles. The van der Waals surface area contributed by atoms with E-state index in [4.69, 9.17) is 0 Å². The average Bonchev–Trinajstić information content (AvgIpc) is 2.90. The van der Waals surface area contributed by atoms with Crippen molar-refractivity contribution in [2.45, 2.75) is 51.0 Å². The average molecular weight is 379 g/mol. The van der Waals surface area contributed by atoms with Crippen LogP contribution >= 0.6 is 15.9 Å². The number of rotatable bonds is 5. The molecule has 0 radical (unpaired) electrons. The van der Waals surface area contributed by atoms with E-state index in [1.54, 1.807) is 0 Å². The second-order valence-corrected chi connectivity index (χ2v) is 7.77. The molecule has 2 aliphatic heterocycles. The molecule has 1 atom stereocenters. The lowest BCUT2D eigenvalue weighted by molar-refractivity contribution is -0.131. The Kier molecular flexibility index (Phi) is 6.12. The Morgan fingerprint density at radius 2 is 1.87 bits per heavy atom. The topological polar surface area (TPSA) is 23.6 Å². The number of carbonyl (C=O) groups is 1. The number of carbonyl (C=O) groups excluding carboxylic acids is 1. The van der Waals surface area contributed by atoms with Crippen molar-refractivity contribution < 1.29 is 4.79 Å². The number of hydrogen-bond acceptors (Lipinski definition) is 2. The number of fused-ring (bicyclic) bond motifs is 1. The second-order valence-electron chi connectivity index (χ2n) is 6.86. The molecule has 1 amide bonds. The summed E-state index contributed by atoms with van der Waals surface area (Å²) < 4.78 is 1.12. The molecule has 2 heterocycles. The van der Waals surface area contributed by atoms with Crippen LogP contribution in [-0.2, 0) is 11.2 Å². The van der Waals surface area contributed by atoms with E-state index in [0.717, 1.165) is 43.2 Å². The van der Waals surface area contributed by atoms with E-state index in [9.17, 15) is 4.79 Å². The quantitative estimate of drug-likeness (QED) is 0.726. The Labute approximate surface area is 148 Å². The van der Waals surface area contributed by atoms with E-state index >= 15 is 0 Å². The van der Waals surface area contributed by atoms with E-state index in [2.05, 4.69) is 50.0 Å².